The molecule has 0 atom stereocenters. The van der Waals surface area contributed by atoms with Crippen LogP contribution in [0.25, 0.3) is 0 Å². The van der Waals surface area contributed by atoms with E-state index in [1.807, 2.05) is 0 Å². The molecule has 1 amide bonds. The van der Waals surface area contributed by atoms with Gasteiger partial charge in [0, 0.05) is 25.3 Å². The smallest absolute Gasteiger partial charge is 0.242 e. The lowest BCUT2D eigenvalue weighted by Gasteiger charge is -2.36. The molecular formula is C18H25ClN6O. The topological polar surface area (TPSA) is 68.0 Å². The summed E-state index contributed by atoms with van der Waals surface area (Å²) in [5, 5.41) is 12.1. The Kier molecular flexibility index (Phi) is 5.26. The third kappa shape index (κ3) is 4.10. The minimum Gasteiger partial charge on any atom is -0.349 e. The minimum absolute atomic E-state index is 0.0976. The molecule has 1 aliphatic heterocycles. The molecule has 0 radical (unpaired) electrons. The van der Waals surface area contributed by atoms with E-state index in [1.165, 1.54) is 48.7 Å². The second-order valence-electron chi connectivity index (χ2n) is 7.25. The summed E-state index contributed by atoms with van der Waals surface area (Å²) in [7, 11) is 0. The molecule has 2 aromatic rings. The van der Waals surface area contributed by atoms with Gasteiger partial charge in [0.25, 0.3) is 0 Å². The molecule has 0 unspecified atom stereocenters. The van der Waals surface area contributed by atoms with Crippen LogP contribution in [0.5, 0.6) is 0 Å². The zero-order valence-electron chi connectivity index (χ0n) is 14.9. The number of fused-ring (bicyclic) bond motifs is 1. The molecule has 2 aliphatic rings. The summed E-state index contributed by atoms with van der Waals surface area (Å²) in [5.74, 6) is -0.0976. The number of rotatable bonds is 5. The largest absolute Gasteiger partial charge is 0.349 e. The maximum atomic E-state index is 12.0. The monoisotopic (exact) mass is 376 g/mol. The first-order valence-electron chi connectivity index (χ1n) is 9.42. The molecule has 0 spiro atoms. The Balaban J connectivity index is 1.30. The Hall–Kier alpha value is -1.86. The van der Waals surface area contributed by atoms with Crippen molar-refractivity contribution in [2.75, 3.05) is 6.54 Å². The van der Waals surface area contributed by atoms with Crippen molar-refractivity contribution in [2.24, 2.45) is 0 Å². The number of nitrogens with one attached hydrogen (secondary N) is 1. The van der Waals surface area contributed by atoms with Crippen molar-refractivity contribution in [3.05, 3.63) is 34.9 Å². The lowest BCUT2D eigenvalue weighted by molar-refractivity contribution is -0.122. The maximum Gasteiger partial charge on any atom is 0.242 e. The molecule has 0 aromatic carbocycles. The highest BCUT2D eigenvalue weighted by Gasteiger charge is 2.25. The number of hydrogen-bond donors (Lipinski definition) is 1. The molecule has 1 aliphatic carbocycles. The molecule has 140 valence electrons. The number of carbonyl (C=O) groups excluding carboxylic acids is 1. The molecule has 1 fully saturated rings. The first-order valence-corrected chi connectivity index (χ1v) is 9.79. The Bertz CT molecular complexity index is 764. The van der Waals surface area contributed by atoms with Gasteiger partial charge in [-0.1, -0.05) is 30.9 Å². The standard InChI is InChI=1S/C18H25ClN6O/c19-14-9-21-24(11-14)13-18(26)20-10-15-8-17-12-23(6-7-25(17)22-15)16-4-2-1-3-5-16/h8-9,11,16H,1-7,10,12-13H2,(H,20,26). The summed E-state index contributed by atoms with van der Waals surface area (Å²) >= 11 is 5.81. The van der Waals surface area contributed by atoms with E-state index in [2.05, 4.69) is 31.2 Å². The fraction of sp³-hybridized carbons (Fsp3) is 0.611. The zero-order chi connectivity index (χ0) is 17.9. The van der Waals surface area contributed by atoms with E-state index in [-0.39, 0.29) is 12.5 Å². The lowest BCUT2D eigenvalue weighted by atomic mass is 9.94. The number of halogens is 1. The molecule has 3 heterocycles. The van der Waals surface area contributed by atoms with Crippen LogP contribution in [0, 0.1) is 0 Å². The Morgan fingerprint density at radius 2 is 2.12 bits per heavy atom. The Morgan fingerprint density at radius 1 is 1.27 bits per heavy atom. The highest BCUT2D eigenvalue weighted by atomic mass is 35.5. The molecule has 0 bridgehead atoms. The van der Waals surface area contributed by atoms with Gasteiger partial charge in [0.1, 0.15) is 6.54 Å². The lowest BCUT2D eigenvalue weighted by Crippen LogP contribution is -2.42. The third-order valence-electron chi connectivity index (χ3n) is 5.34. The van der Waals surface area contributed by atoms with E-state index >= 15 is 0 Å². The van der Waals surface area contributed by atoms with Crippen LogP contribution in [0.4, 0.5) is 0 Å². The maximum absolute atomic E-state index is 12.0. The van der Waals surface area contributed by atoms with Crippen LogP contribution in [0.1, 0.15) is 43.5 Å². The quantitative estimate of drug-likeness (QED) is 0.868. The van der Waals surface area contributed by atoms with Gasteiger partial charge in [-0.15, -0.1) is 0 Å². The molecule has 0 saturated heterocycles. The summed E-state index contributed by atoms with van der Waals surface area (Å²) < 4.78 is 3.62. The summed E-state index contributed by atoms with van der Waals surface area (Å²) in [4.78, 5) is 14.7. The fourth-order valence-corrected chi connectivity index (χ4v) is 4.16. The molecule has 2 aromatic heterocycles. The average Bonchev–Trinajstić information content (AvgIpc) is 3.25. The van der Waals surface area contributed by atoms with Crippen LogP contribution in [0.3, 0.4) is 0 Å². The Morgan fingerprint density at radius 3 is 2.88 bits per heavy atom. The van der Waals surface area contributed by atoms with Gasteiger partial charge in [-0.05, 0) is 18.9 Å². The fourth-order valence-electron chi connectivity index (χ4n) is 4.01. The van der Waals surface area contributed by atoms with Crippen molar-refractivity contribution >= 4 is 17.5 Å². The van der Waals surface area contributed by atoms with Crippen molar-refractivity contribution in [1.82, 2.24) is 29.8 Å². The predicted molar refractivity (Wildman–Crippen MR) is 98.6 cm³/mol. The first-order chi connectivity index (χ1) is 12.7. The van der Waals surface area contributed by atoms with Gasteiger partial charge < -0.3 is 5.32 Å². The van der Waals surface area contributed by atoms with E-state index in [4.69, 9.17) is 11.6 Å². The third-order valence-corrected chi connectivity index (χ3v) is 5.54. The number of aromatic nitrogens is 4. The highest BCUT2D eigenvalue weighted by Crippen LogP contribution is 2.26. The van der Waals surface area contributed by atoms with Crippen molar-refractivity contribution < 1.29 is 4.79 Å². The van der Waals surface area contributed by atoms with Crippen LogP contribution in [0.15, 0.2) is 18.5 Å². The van der Waals surface area contributed by atoms with Gasteiger partial charge in [0.15, 0.2) is 0 Å². The average molecular weight is 377 g/mol. The van der Waals surface area contributed by atoms with Crippen molar-refractivity contribution in [3.63, 3.8) is 0 Å². The minimum atomic E-state index is -0.0976. The molecule has 26 heavy (non-hydrogen) atoms. The van der Waals surface area contributed by atoms with Crippen LogP contribution in [-0.4, -0.2) is 43.0 Å². The van der Waals surface area contributed by atoms with Gasteiger partial charge in [0.05, 0.1) is 35.7 Å². The van der Waals surface area contributed by atoms with Crippen LogP contribution >= 0.6 is 11.6 Å². The highest BCUT2D eigenvalue weighted by molar-refractivity contribution is 6.30. The molecule has 4 rings (SSSR count). The van der Waals surface area contributed by atoms with Gasteiger partial charge in [-0.25, -0.2) is 0 Å². The molecule has 1 saturated carbocycles. The SMILES string of the molecule is O=C(Cn1cc(Cl)cn1)NCc1cc2n(n1)CCN(C1CCCCC1)C2. The van der Waals surface area contributed by atoms with Crippen molar-refractivity contribution in [3.8, 4) is 0 Å². The van der Waals surface area contributed by atoms with Gasteiger partial charge in [-0.3, -0.25) is 19.1 Å². The molecule has 7 nitrogen and oxygen atoms in total. The van der Waals surface area contributed by atoms with Crippen LogP contribution in [-0.2, 0) is 31.0 Å². The first kappa shape index (κ1) is 17.5. The number of amides is 1. The number of nitrogens with zero attached hydrogens (tertiary/aromatic N) is 5. The van der Waals surface area contributed by atoms with Gasteiger partial charge >= 0.3 is 0 Å². The van der Waals surface area contributed by atoms with E-state index < -0.39 is 0 Å². The normalized spacial score (nSPS) is 18.7. The van der Waals surface area contributed by atoms with Crippen LogP contribution in [0.2, 0.25) is 5.02 Å². The summed E-state index contributed by atoms with van der Waals surface area (Å²) in [5.41, 5.74) is 2.17. The van der Waals surface area contributed by atoms with Gasteiger partial charge in [-0.2, -0.15) is 10.2 Å². The summed E-state index contributed by atoms with van der Waals surface area (Å²) in [6.45, 7) is 3.58. The van der Waals surface area contributed by atoms with Crippen LogP contribution < -0.4 is 5.32 Å². The van der Waals surface area contributed by atoms with E-state index in [0.29, 0.717) is 11.6 Å². The predicted octanol–water partition coefficient (Wildman–Crippen LogP) is 2.20. The molecule has 8 heteroatoms. The molecular weight excluding hydrogens is 352 g/mol. The second-order valence-corrected chi connectivity index (χ2v) is 7.68. The number of hydrogen-bond acceptors (Lipinski definition) is 4. The molecule has 1 N–H and O–H groups in total. The summed E-state index contributed by atoms with van der Waals surface area (Å²) in [6.07, 6.45) is 9.92. The summed E-state index contributed by atoms with van der Waals surface area (Å²) in [6, 6.07) is 2.86. The van der Waals surface area contributed by atoms with E-state index in [0.717, 1.165) is 31.4 Å². The van der Waals surface area contributed by atoms with Gasteiger partial charge in [0.2, 0.25) is 5.91 Å². The van der Waals surface area contributed by atoms with E-state index in [9.17, 15) is 4.79 Å². The van der Waals surface area contributed by atoms with E-state index in [1.54, 1.807) is 6.20 Å². The zero-order valence-corrected chi connectivity index (χ0v) is 15.7. The Labute approximate surface area is 158 Å². The van der Waals surface area contributed by atoms with Crippen molar-refractivity contribution in [1.29, 1.82) is 0 Å². The van der Waals surface area contributed by atoms with Crippen molar-refractivity contribution in [2.45, 2.75) is 64.3 Å². The number of carbonyl (C=O) groups is 1. The second kappa shape index (κ2) is 7.80.